The Bertz CT molecular complexity index is 540. The van der Waals surface area contributed by atoms with Gasteiger partial charge in [0.15, 0.2) is 5.82 Å². The van der Waals surface area contributed by atoms with Gasteiger partial charge in [0.25, 0.3) is 0 Å². The summed E-state index contributed by atoms with van der Waals surface area (Å²) in [7, 11) is 0. The molecule has 0 fully saturated rings. The molecule has 17 heavy (non-hydrogen) atoms. The molecular formula is C11H11F2N3S. The van der Waals surface area contributed by atoms with Crippen molar-refractivity contribution in [2.24, 2.45) is 0 Å². The van der Waals surface area contributed by atoms with Crippen LogP contribution in [0.4, 0.5) is 20.2 Å². The van der Waals surface area contributed by atoms with Crippen molar-refractivity contribution in [1.82, 2.24) is 4.98 Å². The van der Waals surface area contributed by atoms with E-state index in [-0.39, 0.29) is 11.4 Å². The number of nitrogens with two attached hydrogens (primary N) is 1. The highest BCUT2D eigenvalue weighted by Gasteiger charge is 2.09. The van der Waals surface area contributed by atoms with E-state index in [1.165, 1.54) is 17.4 Å². The van der Waals surface area contributed by atoms with Crippen LogP contribution in [0.2, 0.25) is 0 Å². The first-order chi connectivity index (χ1) is 8.08. The van der Waals surface area contributed by atoms with Crippen LogP contribution in [-0.4, -0.2) is 4.98 Å². The minimum absolute atomic E-state index is 0.0754. The lowest BCUT2D eigenvalue weighted by molar-refractivity contribution is 0.587. The van der Waals surface area contributed by atoms with Crippen LogP contribution in [-0.2, 0) is 6.54 Å². The number of rotatable bonds is 3. The van der Waals surface area contributed by atoms with E-state index < -0.39 is 11.6 Å². The highest BCUT2D eigenvalue weighted by atomic mass is 32.1. The first-order valence-corrected chi connectivity index (χ1v) is 5.83. The quantitative estimate of drug-likeness (QED) is 0.829. The SMILES string of the molecule is Cc1ncsc1CNc1cc(F)cc(F)c1N. The maximum Gasteiger partial charge on any atom is 0.151 e. The minimum Gasteiger partial charge on any atom is -0.395 e. The van der Waals surface area contributed by atoms with Crippen molar-refractivity contribution in [3.63, 3.8) is 0 Å². The van der Waals surface area contributed by atoms with Crippen molar-refractivity contribution >= 4 is 22.7 Å². The Labute approximate surface area is 101 Å². The number of nitrogens with zero attached hydrogens (tertiary/aromatic N) is 1. The van der Waals surface area contributed by atoms with Gasteiger partial charge in [0, 0.05) is 10.9 Å². The van der Waals surface area contributed by atoms with Crippen LogP contribution < -0.4 is 11.1 Å². The molecule has 3 nitrogen and oxygen atoms in total. The summed E-state index contributed by atoms with van der Waals surface area (Å²) in [4.78, 5) is 5.09. The normalized spacial score (nSPS) is 10.5. The molecule has 0 spiro atoms. The average Bonchev–Trinajstić information content (AvgIpc) is 2.67. The molecule has 0 saturated carbocycles. The van der Waals surface area contributed by atoms with E-state index in [0.29, 0.717) is 6.54 Å². The Morgan fingerprint density at radius 1 is 1.41 bits per heavy atom. The summed E-state index contributed by atoms with van der Waals surface area (Å²) in [5.74, 6) is -1.41. The van der Waals surface area contributed by atoms with Crippen LogP contribution in [0.15, 0.2) is 17.6 Å². The van der Waals surface area contributed by atoms with Gasteiger partial charge in [-0.25, -0.2) is 13.8 Å². The van der Waals surface area contributed by atoms with Gasteiger partial charge in [0.1, 0.15) is 5.82 Å². The van der Waals surface area contributed by atoms with Gasteiger partial charge < -0.3 is 11.1 Å². The van der Waals surface area contributed by atoms with Crippen LogP contribution in [0.1, 0.15) is 10.6 Å². The second kappa shape index (κ2) is 4.67. The first kappa shape index (κ1) is 11.8. The standard InChI is InChI=1S/C11H11F2N3S/c1-6-10(17-5-16-6)4-15-9-3-7(12)2-8(13)11(9)14/h2-3,5,15H,4,14H2,1H3. The Hall–Kier alpha value is -1.69. The van der Waals surface area contributed by atoms with Crippen LogP contribution in [0.25, 0.3) is 0 Å². The van der Waals surface area contributed by atoms with E-state index in [1.54, 1.807) is 5.51 Å². The molecule has 2 aromatic rings. The molecule has 2 rings (SSSR count). The molecule has 0 amide bonds. The zero-order chi connectivity index (χ0) is 12.4. The molecule has 0 bridgehead atoms. The van der Waals surface area contributed by atoms with Crippen LogP contribution in [0.5, 0.6) is 0 Å². The smallest absolute Gasteiger partial charge is 0.151 e. The second-order valence-corrected chi connectivity index (χ2v) is 4.50. The monoisotopic (exact) mass is 255 g/mol. The van der Waals surface area contributed by atoms with Crippen molar-refractivity contribution in [3.05, 3.63) is 39.8 Å². The van der Waals surface area contributed by atoms with Crippen molar-refractivity contribution in [3.8, 4) is 0 Å². The zero-order valence-electron chi connectivity index (χ0n) is 9.13. The third-order valence-corrected chi connectivity index (χ3v) is 3.31. The lowest BCUT2D eigenvalue weighted by Gasteiger charge is -2.09. The van der Waals surface area contributed by atoms with E-state index in [9.17, 15) is 8.78 Å². The summed E-state index contributed by atoms with van der Waals surface area (Å²) in [6, 6.07) is 1.94. The summed E-state index contributed by atoms with van der Waals surface area (Å²) in [6.07, 6.45) is 0. The average molecular weight is 255 g/mol. The largest absolute Gasteiger partial charge is 0.395 e. The van der Waals surface area contributed by atoms with E-state index in [0.717, 1.165) is 16.6 Å². The summed E-state index contributed by atoms with van der Waals surface area (Å²) in [5, 5.41) is 2.90. The number of hydrogen-bond donors (Lipinski definition) is 2. The van der Waals surface area contributed by atoms with Crippen molar-refractivity contribution in [1.29, 1.82) is 0 Å². The number of nitrogen functional groups attached to an aromatic ring is 1. The molecule has 0 saturated heterocycles. The minimum atomic E-state index is -0.756. The number of aromatic nitrogens is 1. The van der Waals surface area contributed by atoms with Gasteiger partial charge in [0.2, 0.25) is 0 Å². The molecule has 0 aliphatic rings. The molecule has 1 heterocycles. The van der Waals surface area contributed by atoms with Gasteiger partial charge in [-0.1, -0.05) is 0 Å². The van der Waals surface area contributed by atoms with E-state index in [2.05, 4.69) is 10.3 Å². The lowest BCUT2D eigenvalue weighted by Crippen LogP contribution is -2.04. The molecule has 0 aliphatic heterocycles. The molecular weight excluding hydrogens is 244 g/mol. The lowest BCUT2D eigenvalue weighted by atomic mass is 10.2. The highest BCUT2D eigenvalue weighted by molar-refractivity contribution is 7.09. The summed E-state index contributed by atoms with van der Waals surface area (Å²) >= 11 is 1.48. The summed E-state index contributed by atoms with van der Waals surface area (Å²) in [6.45, 7) is 2.33. The Morgan fingerprint density at radius 3 is 2.82 bits per heavy atom. The zero-order valence-corrected chi connectivity index (χ0v) is 9.94. The molecule has 0 unspecified atom stereocenters. The van der Waals surface area contributed by atoms with Gasteiger partial charge in [-0.15, -0.1) is 11.3 Å². The number of aryl methyl sites for hydroxylation is 1. The number of halogens is 2. The fraction of sp³-hybridized carbons (Fsp3) is 0.182. The van der Waals surface area contributed by atoms with Crippen LogP contribution >= 0.6 is 11.3 Å². The van der Waals surface area contributed by atoms with E-state index in [4.69, 9.17) is 5.73 Å². The number of anilines is 2. The molecule has 0 atom stereocenters. The second-order valence-electron chi connectivity index (χ2n) is 3.56. The molecule has 90 valence electrons. The molecule has 1 aromatic carbocycles. The number of hydrogen-bond acceptors (Lipinski definition) is 4. The number of thiazole rings is 1. The molecule has 0 radical (unpaired) electrons. The van der Waals surface area contributed by atoms with Crippen molar-refractivity contribution in [2.75, 3.05) is 11.1 Å². The number of nitrogens with one attached hydrogen (secondary N) is 1. The molecule has 0 aliphatic carbocycles. The van der Waals surface area contributed by atoms with Crippen molar-refractivity contribution < 1.29 is 8.78 Å². The van der Waals surface area contributed by atoms with Gasteiger partial charge in [-0.2, -0.15) is 0 Å². The highest BCUT2D eigenvalue weighted by Crippen LogP contribution is 2.24. The predicted molar refractivity (Wildman–Crippen MR) is 64.9 cm³/mol. The fourth-order valence-electron chi connectivity index (χ4n) is 1.40. The summed E-state index contributed by atoms with van der Waals surface area (Å²) < 4.78 is 26.2. The maximum atomic E-state index is 13.2. The Kier molecular flexibility index (Phi) is 3.23. The van der Waals surface area contributed by atoms with Crippen LogP contribution in [0.3, 0.4) is 0 Å². The van der Waals surface area contributed by atoms with Crippen molar-refractivity contribution in [2.45, 2.75) is 13.5 Å². The van der Waals surface area contributed by atoms with Crippen LogP contribution in [0, 0.1) is 18.6 Å². The van der Waals surface area contributed by atoms with Gasteiger partial charge in [-0.05, 0) is 13.0 Å². The molecule has 6 heteroatoms. The fourth-order valence-corrected chi connectivity index (χ4v) is 2.12. The van der Waals surface area contributed by atoms with Gasteiger partial charge in [-0.3, -0.25) is 0 Å². The molecule has 3 N–H and O–H groups in total. The number of benzene rings is 1. The maximum absolute atomic E-state index is 13.2. The topological polar surface area (TPSA) is 50.9 Å². The summed E-state index contributed by atoms with van der Waals surface area (Å²) in [5.41, 5.74) is 8.32. The van der Waals surface area contributed by atoms with E-state index >= 15 is 0 Å². The first-order valence-electron chi connectivity index (χ1n) is 4.95. The predicted octanol–water partition coefficient (Wildman–Crippen LogP) is 2.92. The van der Waals surface area contributed by atoms with Gasteiger partial charge in [0.05, 0.1) is 29.1 Å². The van der Waals surface area contributed by atoms with E-state index in [1.807, 2.05) is 6.92 Å². The third-order valence-electron chi connectivity index (χ3n) is 2.38. The van der Waals surface area contributed by atoms with Gasteiger partial charge >= 0.3 is 0 Å². The Balaban J connectivity index is 2.17. The third kappa shape index (κ3) is 2.52. The molecule has 1 aromatic heterocycles. The Morgan fingerprint density at radius 2 is 2.18 bits per heavy atom.